The van der Waals surface area contributed by atoms with Crippen molar-refractivity contribution in [1.82, 2.24) is 5.32 Å². The third kappa shape index (κ3) is 2.83. The monoisotopic (exact) mass is 296 g/mol. The van der Waals surface area contributed by atoms with Crippen LogP contribution in [-0.2, 0) is 0 Å². The highest BCUT2D eigenvalue weighted by Gasteiger charge is 2.25. The van der Waals surface area contributed by atoms with Crippen LogP contribution in [-0.4, -0.2) is 25.7 Å². The average Bonchev–Trinajstić information content (AvgIpc) is 2.30. The Kier molecular flexibility index (Phi) is 4.10. The van der Waals surface area contributed by atoms with Gasteiger partial charge in [-0.3, -0.25) is 0 Å². The SMILES string of the molecule is CNC1CCN(c2ccc(Br)cc2C)C(C)C1. The number of piperidine rings is 1. The maximum Gasteiger partial charge on any atom is 0.0399 e. The van der Waals surface area contributed by atoms with Gasteiger partial charge in [-0.2, -0.15) is 0 Å². The second-order valence-corrected chi connectivity index (χ2v) is 5.90. The smallest absolute Gasteiger partial charge is 0.0399 e. The summed E-state index contributed by atoms with van der Waals surface area (Å²) < 4.78 is 1.16. The van der Waals surface area contributed by atoms with E-state index in [1.807, 2.05) is 0 Å². The van der Waals surface area contributed by atoms with Crippen LogP contribution < -0.4 is 10.2 Å². The lowest BCUT2D eigenvalue weighted by Crippen LogP contribution is -2.46. The fraction of sp³-hybridized carbons (Fsp3) is 0.571. The number of anilines is 1. The zero-order valence-electron chi connectivity index (χ0n) is 10.8. The Labute approximate surface area is 113 Å². The molecule has 1 saturated heterocycles. The van der Waals surface area contributed by atoms with Crippen LogP contribution in [0.3, 0.4) is 0 Å². The van der Waals surface area contributed by atoms with Crippen molar-refractivity contribution in [1.29, 1.82) is 0 Å². The zero-order valence-corrected chi connectivity index (χ0v) is 12.4. The average molecular weight is 297 g/mol. The molecule has 2 nitrogen and oxygen atoms in total. The number of aryl methyl sites for hydroxylation is 1. The summed E-state index contributed by atoms with van der Waals surface area (Å²) in [6.07, 6.45) is 2.46. The van der Waals surface area contributed by atoms with Gasteiger partial charge in [-0.25, -0.2) is 0 Å². The standard InChI is InChI=1S/C14H21BrN2/c1-10-8-12(15)4-5-14(10)17-7-6-13(16-3)9-11(17)2/h4-5,8,11,13,16H,6-7,9H2,1-3H3. The second kappa shape index (κ2) is 5.40. The van der Waals surface area contributed by atoms with Crippen molar-refractivity contribution >= 4 is 21.6 Å². The molecule has 0 aromatic heterocycles. The van der Waals surface area contributed by atoms with E-state index in [9.17, 15) is 0 Å². The van der Waals surface area contributed by atoms with Crippen LogP contribution in [0.1, 0.15) is 25.3 Å². The minimum Gasteiger partial charge on any atom is -0.368 e. The van der Waals surface area contributed by atoms with Crippen LogP contribution in [0.5, 0.6) is 0 Å². The molecule has 1 N–H and O–H groups in total. The molecule has 0 amide bonds. The number of nitrogens with zero attached hydrogens (tertiary/aromatic N) is 1. The van der Waals surface area contributed by atoms with Gasteiger partial charge in [-0.1, -0.05) is 15.9 Å². The lowest BCUT2D eigenvalue weighted by Gasteiger charge is -2.40. The van der Waals surface area contributed by atoms with E-state index in [0.717, 1.165) is 11.0 Å². The first-order valence-electron chi connectivity index (χ1n) is 6.32. The predicted octanol–water partition coefficient (Wildman–Crippen LogP) is 3.33. The molecule has 1 aliphatic heterocycles. The Bertz CT molecular complexity index is 392. The molecule has 1 aliphatic rings. The van der Waals surface area contributed by atoms with E-state index in [2.05, 4.69) is 65.2 Å². The second-order valence-electron chi connectivity index (χ2n) is 4.98. The molecule has 1 heterocycles. The van der Waals surface area contributed by atoms with Crippen molar-refractivity contribution < 1.29 is 0 Å². The van der Waals surface area contributed by atoms with Crippen molar-refractivity contribution in [3.05, 3.63) is 28.2 Å². The molecule has 17 heavy (non-hydrogen) atoms. The van der Waals surface area contributed by atoms with E-state index >= 15 is 0 Å². The summed E-state index contributed by atoms with van der Waals surface area (Å²) in [6, 6.07) is 7.86. The van der Waals surface area contributed by atoms with Crippen LogP contribution in [0, 0.1) is 6.92 Å². The Balaban J connectivity index is 2.17. The molecule has 2 atom stereocenters. The number of hydrogen-bond acceptors (Lipinski definition) is 2. The number of hydrogen-bond donors (Lipinski definition) is 1. The summed E-state index contributed by atoms with van der Waals surface area (Å²) in [5.74, 6) is 0. The Morgan fingerprint density at radius 1 is 1.41 bits per heavy atom. The quantitative estimate of drug-likeness (QED) is 0.900. The van der Waals surface area contributed by atoms with Crippen molar-refractivity contribution in [2.45, 2.75) is 38.8 Å². The van der Waals surface area contributed by atoms with E-state index in [1.165, 1.54) is 24.1 Å². The first-order valence-corrected chi connectivity index (χ1v) is 7.11. The highest BCUT2D eigenvalue weighted by atomic mass is 79.9. The molecule has 1 fully saturated rings. The van der Waals surface area contributed by atoms with Crippen molar-refractivity contribution in [3.8, 4) is 0 Å². The number of halogens is 1. The maximum atomic E-state index is 3.53. The zero-order chi connectivity index (χ0) is 12.4. The predicted molar refractivity (Wildman–Crippen MR) is 77.8 cm³/mol. The Morgan fingerprint density at radius 2 is 2.18 bits per heavy atom. The lowest BCUT2D eigenvalue weighted by molar-refractivity contribution is 0.387. The Morgan fingerprint density at radius 3 is 2.76 bits per heavy atom. The van der Waals surface area contributed by atoms with E-state index in [-0.39, 0.29) is 0 Å². The summed E-state index contributed by atoms with van der Waals surface area (Å²) in [4.78, 5) is 2.54. The lowest BCUT2D eigenvalue weighted by atomic mass is 9.97. The highest BCUT2D eigenvalue weighted by Crippen LogP contribution is 2.29. The van der Waals surface area contributed by atoms with Gasteiger partial charge in [0.15, 0.2) is 0 Å². The van der Waals surface area contributed by atoms with E-state index in [4.69, 9.17) is 0 Å². The maximum absolute atomic E-state index is 3.53. The molecule has 0 aliphatic carbocycles. The van der Waals surface area contributed by atoms with E-state index < -0.39 is 0 Å². The minimum absolute atomic E-state index is 0.612. The van der Waals surface area contributed by atoms with E-state index in [0.29, 0.717) is 12.1 Å². The fourth-order valence-corrected chi connectivity index (χ4v) is 3.21. The summed E-state index contributed by atoms with van der Waals surface area (Å²) >= 11 is 3.53. The fourth-order valence-electron chi connectivity index (χ4n) is 2.73. The molecular formula is C14H21BrN2. The first-order chi connectivity index (χ1) is 8.11. The van der Waals surface area contributed by atoms with Gasteiger partial charge in [0.1, 0.15) is 0 Å². The van der Waals surface area contributed by atoms with Crippen LogP contribution in [0.25, 0.3) is 0 Å². The van der Waals surface area contributed by atoms with Gasteiger partial charge >= 0.3 is 0 Å². The summed E-state index contributed by atoms with van der Waals surface area (Å²) in [5.41, 5.74) is 2.74. The van der Waals surface area contributed by atoms with Gasteiger partial charge < -0.3 is 10.2 Å². The largest absolute Gasteiger partial charge is 0.368 e. The molecule has 0 bridgehead atoms. The third-order valence-corrected chi connectivity index (χ3v) is 4.25. The van der Waals surface area contributed by atoms with Crippen LogP contribution in [0.2, 0.25) is 0 Å². The number of nitrogens with one attached hydrogen (secondary N) is 1. The summed E-state index contributed by atoms with van der Waals surface area (Å²) in [7, 11) is 2.07. The topological polar surface area (TPSA) is 15.3 Å². The molecule has 0 radical (unpaired) electrons. The van der Waals surface area contributed by atoms with Crippen LogP contribution in [0.4, 0.5) is 5.69 Å². The molecule has 3 heteroatoms. The molecule has 1 aromatic rings. The first kappa shape index (κ1) is 12.9. The van der Waals surface area contributed by atoms with Crippen molar-refractivity contribution in [3.63, 3.8) is 0 Å². The van der Waals surface area contributed by atoms with E-state index in [1.54, 1.807) is 0 Å². The molecular weight excluding hydrogens is 276 g/mol. The van der Waals surface area contributed by atoms with Crippen molar-refractivity contribution in [2.24, 2.45) is 0 Å². The van der Waals surface area contributed by atoms with Crippen LogP contribution in [0.15, 0.2) is 22.7 Å². The molecule has 1 aromatic carbocycles. The minimum atomic E-state index is 0.612. The molecule has 2 rings (SSSR count). The van der Waals surface area contributed by atoms with Gasteiger partial charge in [-0.05, 0) is 57.5 Å². The van der Waals surface area contributed by atoms with Gasteiger partial charge in [-0.15, -0.1) is 0 Å². The van der Waals surface area contributed by atoms with Crippen LogP contribution >= 0.6 is 15.9 Å². The highest BCUT2D eigenvalue weighted by molar-refractivity contribution is 9.10. The molecule has 2 unspecified atom stereocenters. The third-order valence-electron chi connectivity index (χ3n) is 3.75. The summed E-state index contributed by atoms with van der Waals surface area (Å²) in [5, 5.41) is 3.40. The molecule has 0 saturated carbocycles. The van der Waals surface area contributed by atoms with Gasteiger partial charge in [0.05, 0.1) is 0 Å². The number of rotatable bonds is 2. The van der Waals surface area contributed by atoms with Gasteiger partial charge in [0, 0.05) is 28.8 Å². The molecule has 0 spiro atoms. The molecule has 94 valence electrons. The number of benzene rings is 1. The Hall–Kier alpha value is -0.540. The van der Waals surface area contributed by atoms with Gasteiger partial charge in [0.2, 0.25) is 0 Å². The van der Waals surface area contributed by atoms with Crippen molar-refractivity contribution in [2.75, 3.05) is 18.5 Å². The van der Waals surface area contributed by atoms with Gasteiger partial charge in [0.25, 0.3) is 0 Å². The summed E-state index contributed by atoms with van der Waals surface area (Å²) in [6.45, 7) is 5.66. The normalized spacial score (nSPS) is 25.1.